The molecule has 1 fully saturated rings. The van der Waals surface area contributed by atoms with Gasteiger partial charge in [-0.15, -0.1) is 24.0 Å². The van der Waals surface area contributed by atoms with E-state index in [-0.39, 0.29) is 24.0 Å². The van der Waals surface area contributed by atoms with Crippen LogP contribution < -0.4 is 15.5 Å². The number of nitrogens with zero attached hydrogens (tertiary/aromatic N) is 3. The number of benzene rings is 1. The third-order valence-electron chi connectivity index (χ3n) is 4.74. The van der Waals surface area contributed by atoms with Gasteiger partial charge in [-0.1, -0.05) is 12.1 Å². The molecule has 0 spiro atoms. The molecule has 0 aliphatic carbocycles. The molecule has 1 aromatic carbocycles. The van der Waals surface area contributed by atoms with Crippen LogP contribution in [0, 0.1) is 0 Å². The Kier molecular flexibility index (Phi) is 9.56. The van der Waals surface area contributed by atoms with Crippen molar-refractivity contribution < 1.29 is 0 Å². The summed E-state index contributed by atoms with van der Waals surface area (Å²) in [5.41, 5.74) is 2.48. The number of piperidine rings is 1. The number of anilines is 1. The second-order valence-electron chi connectivity index (χ2n) is 7.03. The van der Waals surface area contributed by atoms with Crippen LogP contribution in [0.3, 0.4) is 0 Å². The van der Waals surface area contributed by atoms with Gasteiger partial charge in [-0.2, -0.15) is 0 Å². The Morgan fingerprint density at radius 1 is 1.20 bits per heavy atom. The standard InChI is InChI=1S/C19H33N5.HI/c1-15(2)24-12-10-17(11-13-24)22-19(20-3)21-14-16-6-8-18(9-7-16)23(4)5;/h6-9,15,17H,10-14H2,1-5H3,(H2,20,21,22);1H. The minimum atomic E-state index is 0. The Hall–Kier alpha value is -1.02. The van der Waals surface area contributed by atoms with Gasteiger partial charge in [-0.3, -0.25) is 4.99 Å². The second-order valence-corrected chi connectivity index (χ2v) is 7.03. The normalized spacial score (nSPS) is 16.5. The highest BCUT2D eigenvalue weighted by atomic mass is 127. The minimum Gasteiger partial charge on any atom is -0.378 e. The Balaban J connectivity index is 0.00000312. The van der Waals surface area contributed by atoms with Gasteiger partial charge >= 0.3 is 0 Å². The van der Waals surface area contributed by atoms with Crippen molar-refractivity contribution in [2.24, 2.45) is 4.99 Å². The van der Waals surface area contributed by atoms with Gasteiger partial charge in [0.05, 0.1) is 0 Å². The monoisotopic (exact) mass is 459 g/mol. The van der Waals surface area contributed by atoms with Crippen molar-refractivity contribution in [3.05, 3.63) is 29.8 Å². The summed E-state index contributed by atoms with van der Waals surface area (Å²) in [4.78, 5) is 9.02. The highest BCUT2D eigenvalue weighted by Crippen LogP contribution is 2.13. The molecule has 2 rings (SSSR count). The molecule has 0 bridgehead atoms. The summed E-state index contributed by atoms with van der Waals surface area (Å²) < 4.78 is 0. The zero-order valence-electron chi connectivity index (χ0n) is 16.2. The Bertz CT molecular complexity index is 519. The largest absolute Gasteiger partial charge is 0.378 e. The molecule has 142 valence electrons. The maximum Gasteiger partial charge on any atom is 0.191 e. The van der Waals surface area contributed by atoms with Gasteiger partial charge in [-0.25, -0.2) is 0 Å². The number of aliphatic imine (C=N–C) groups is 1. The SMILES string of the molecule is CN=C(NCc1ccc(N(C)C)cc1)NC1CCN(C(C)C)CC1.I. The topological polar surface area (TPSA) is 42.9 Å². The van der Waals surface area contributed by atoms with Crippen molar-refractivity contribution in [3.63, 3.8) is 0 Å². The molecule has 0 radical (unpaired) electrons. The molecule has 1 aromatic rings. The Morgan fingerprint density at radius 3 is 2.28 bits per heavy atom. The van der Waals surface area contributed by atoms with E-state index in [0.29, 0.717) is 12.1 Å². The van der Waals surface area contributed by atoms with Crippen molar-refractivity contribution in [1.82, 2.24) is 15.5 Å². The summed E-state index contributed by atoms with van der Waals surface area (Å²) in [6, 6.07) is 9.78. The van der Waals surface area contributed by atoms with E-state index in [1.165, 1.54) is 37.2 Å². The molecular formula is C19H34IN5. The number of halogens is 1. The molecule has 6 heteroatoms. The number of likely N-dealkylation sites (tertiary alicyclic amines) is 1. The van der Waals surface area contributed by atoms with Crippen LogP contribution in [-0.4, -0.2) is 57.2 Å². The lowest BCUT2D eigenvalue weighted by atomic mass is 10.0. The van der Waals surface area contributed by atoms with Crippen LogP contribution in [-0.2, 0) is 6.54 Å². The fourth-order valence-corrected chi connectivity index (χ4v) is 3.05. The summed E-state index contributed by atoms with van der Waals surface area (Å²) in [5.74, 6) is 0.898. The van der Waals surface area contributed by atoms with Gasteiger partial charge in [0.2, 0.25) is 0 Å². The molecule has 0 unspecified atom stereocenters. The first-order valence-corrected chi connectivity index (χ1v) is 8.97. The van der Waals surface area contributed by atoms with Gasteiger partial charge in [0.1, 0.15) is 0 Å². The maximum atomic E-state index is 4.37. The van der Waals surface area contributed by atoms with Crippen molar-refractivity contribution in [1.29, 1.82) is 0 Å². The fourth-order valence-electron chi connectivity index (χ4n) is 3.05. The number of nitrogens with one attached hydrogen (secondary N) is 2. The van der Waals surface area contributed by atoms with Crippen LogP contribution in [0.4, 0.5) is 5.69 Å². The first kappa shape index (κ1) is 22.0. The molecule has 0 saturated carbocycles. The molecule has 1 aliphatic heterocycles. The molecule has 0 amide bonds. The van der Waals surface area contributed by atoms with E-state index < -0.39 is 0 Å². The van der Waals surface area contributed by atoms with Crippen molar-refractivity contribution in [2.45, 2.75) is 45.3 Å². The number of hydrogen-bond donors (Lipinski definition) is 2. The maximum absolute atomic E-state index is 4.37. The highest BCUT2D eigenvalue weighted by Gasteiger charge is 2.21. The van der Waals surface area contributed by atoms with Gasteiger partial charge in [0.25, 0.3) is 0 Å². The number of hydrogen-bond acceptors (Lipinski definition) is 3. The van der Waals surface area contributed by atoms with E-state index in [4.69, 9.17) is 0 Å². The first-order valence-electron chi connectivity index (χ1n) is 8.97. The minimum absolute atomic E-state index is 0. The van der Waals surface area contributed by atoms with Crippen molar-refractivity contribution in [3.8, 4) is 0 Å². The summed E-state index contributed by atoms with van der Waals surface area (Å²) >= 11 is 0. The van der Waals surface area contributed by atoms with E-state index >= 15 is 0 Å². The fraction of sp³-hybridized carbons (Fsp3) is 0.632. The molecule has 0 aromatic heterocycles. The summed E-state index contributed by atoms with van der Waals surface area (Å²) in [6.45, 7) is 7.67. The van der Waals surface area contributed by atoms with Crippen LogP contribution >= 0.6 is 24.0 Å². The highest BCUT2D eigenvalue weighted by molar-refractivity contribution is 14.0. The lowest BCUT2D eigenvalue weighted by Crippen LogP contribution is -2.49. The van der Waals surface area contributed by atoms with Gasteiger partial charge in [-0.05, 0) is 44.4 Å². The van der Waals surface area contributed by atoms with E-state index in [1.54, 1.807) is 0 Å². The van der Waals surface area contributed by atoms with E-state index in [0.717, 1.165) is 12.5 Å². The van der Waals surface area contributed by atoms with E-state index in [9.17, 15) is 0 Å². The lowest BCUT2D eigenvalue weighted by Gasteiger charge is -2.35. The number of rotatable bonds is 5. The van der Waals surface area contributed by atoms with Crippen LogP contribution in [0.5, 0.6) is 0 Å². The third-order valence-corrected chi connectivity index (χ3v) is 4.74. The average molecular weight is 459 g/mol. The quantitative estimate of drug-likeness (QED) is 0.404. The molecule has 1 aliphatic rings. The number of guanidine groups is 1. The zero-order valence-corrected chi connectivity index (χ0v) is 18.6. The molecule has 5 nitrogen and oxygen atoms in total. The molecule has 25 heavy (non-hydrogen) atoms. The molecule has 0 atom stereocenters. The predicted molar refractivity (Wildman–Crippen MR) is 119 cm³/mol. The predicted octanol–water partition coefficient (Wildman–Crippen LogP) is 2.91. The molecule has 1 heterocycles. The Labute approximate surface area is 170 Å². The zero-order chi connectivity index (χ0) is 17.5. The molecule has 2 N–H and O–H groups in total. The van der Waals surface area contributed by atoms with Gasteiger partial charge < -0.3 is 20.4 Å². The van der Waals surface area contributed by atoms with Crippen molar-refractivity contribution >= 4 is 35.6 Å². The van der Waals surface area contributed by atoms with Crippen LogP contribution in [0.2, 0.25) is 0 Å². The van der Waals surface area contributed by atoms with E-state index in [2.05, 4.69) is 77.6 Å². The third kappa shape index (κ3) is 7.01. The van der Waals surface area contributed by atoms with E-state index in [1.807, 2.05) is 7.05 Å². The van der Waals surface area contributed by atoms with Gasteiger partial charge in [0, 0.05) is 58.5 Å². The lowest BCUT2D eigenvalue weighted by molar-refractivity contribution is 0.167. The summed E-state index contributed by atoms with van der Waals surface area (Å²) in [6.07, 6.45) is 2.35. The average Bonchev–Trinajstić information content (AvgIpc) is 2.59. The van der Waals surface area contributed by atoms with Crippen LogP contribution in [0.15, 0.2) is 29.3 Å². The van der Waals surface area contributed by atoms with Gasteiger partial charge in [0.15, 0.2) is 5.96 Å². The Morgan fingerprint density at radius 2 is 1.80 bits per heavy atom. The summed E-state index contributed by atoms with van der Waals surface area (Å²) in [7, 11) is 5.96. The molecular weight excluding hydrogens is 425 g/mol. The van der Waals surface area contributed by atoms with Crippen molar-refractivity contribution in [2.75, 3.05) is 39.1 Å². The first-order chi connectivity index (χ1) is 11.5. The second kappa shape index (κ2) is 10.9. The van der Waals surface area contributed by atoms with Crippen LogP contribution in [0.25, 0.3) is 0 Å². The smallest absolute Gasteiger partial charge is 0.191 e. The van der Waals surface area contributed by atoms with Crippen LogP contribution in [0.1, 0.15) is 32.3 Å². The molecule has 1 saturated heterocycles. The summed E-state index contributed by atoms with van der Waals surface area (Å²) in [5, 5.41) is 7.00.